The minimum absolute atomic E-state index is 0.150. The van der Waals surface area contributed by atoms with Gasteiger partial charge in [0, 0.05) is 31.6 Å². The van der Waals surface area contributed by atoms with Crippen LogP contribution in [0.4, 0.5) is 0 Å². The molecule has 0 aromatic heterocycles. The highest BCUT2D eigenvalue weighted by Crippen LogP contribution is 2.14. The molecule has 2 rings (SSSR count). The van der Waals surface area contributed by atoms with Crippen LogP contribution in [-0.4, -0.2) is 42.9 Å². The van der Waals surface area contributed by atoms with E-state index >= 15 is 0 Å². The van der Waals surface area contributed by atoms with Crippen LogP contribution in [0.5, 0.6) is 0 Å². The van der Waals surface area contributed by atoms with Crippen LogP contribution in [0.15, 0.2) is 24.3 Å². The summed E-state index contributed by atoms with van der Waals surface area (Å²) in [7, 11) is 1.31. The van der Waals surface area contributed by atoms with Gasteiger partial charge in [0.15, 0.2) is 0 Å². The zero-order chi connectivity index (χ0) is 15.9. The van der Waals surface area contributed by atoms with Gasteiger partial charge in [-0.25, -0.2) is 0 Å². The number of hydrogen-bond acceptors (Lipinski definition) is 4. The summed E-state index contributed by atoms with van der Waals surface area (Å²) in [5.74, 6) is -0.400. The Morgan fingerprint density at radius 2 is 2.00 bits per heavy atom. The molecule has 0 aliphatic carbocycles. The number of hydrogen-bond donors (Lipinski definition) is 1. The smallest absolute Gasteiger partial charge is 0.307 e. The van der Waals surface area contributed by atoms with Gasteiger partial charge in [0.2, 0.25) is 5.91 Å². The summed E-state index contributed by atoms with van der Waals surface area (Å²) in [6.45, 7) is 1.63. The number of carbonyl (C=O) groups excluding carboxylic acids is 3. The average Bonchev–Trinajstić information content (AvgIpc) is 2.93. The molecular weight excluding hydrogens is 284 g/mol. The number of esters is 1. The third-order valence-corrected chi connectivity index (χ3v) is 3.60. The first-order chi connectivity index (χ1) is 10.6. The Hall–Kier alpha value is -2.37. The van der Waals surface area contributed by atoms with Crippen molar-refractivity contribution >= 4 is 17.8 Å². The molecule has 1 aromatic rings. The zero-order valence-electron chi connectivity index (χ0n) is 12.6. The Kier molecular flexibility index (Phi) is 5.52. The molecule has 0 bridgehead atoms. The number of nitrogens with one attached hydrogen (secondary N) is 1. The Bertz CT molecular complexity index is 554. The second-order valence-corrected chi connectivity index (χ2v) is 5.20. The summed E-state index contributed by atoms with van der Waals surface area (Å²) in [5.41, 5.74) is 1.53. The number of methoxy groups -OCH3 is 1. The molecule has 6 heteroatoms. The van der Waals surface area contributed by atoms with E-state index in [1.165, 1.54) is 7.11 Å². The van der Waals surface area contributed by atoms with Crippen LogP contribution in [0.2, 0.25) is 0 Å². The molecule has 1 fully saturated rings. The number of amides is 2. The van der Waals surface area contributed by atoms with Gasteiger partial charge >= 0.3 is 5.97 Å². The fourth-order valence-corrected chi connectivity index (χ4v) is 2.34. The van der Waals surface area contributed by atoms with E-state index in [9.17, 15) is 14.4 Å². The number of rotatable bonds is 6. The molecule has 1 heterocycles. The van der Waals surface area contributed by atoms with Crippen LogP contribution in [0.3, 0.4) is 0 Å². The number of nitrogens with zero attached hydrogens (tertiary/aromatic N) is 1. The van der Waals surface area contributed by atoms with Gasteiger partial charge in [0.25, 0.3) is 5.91 Å². The zero-order valence-corrected chi connectivity index (χ0v) is 12.6. The number of benzene rings is 1. The van der Waals surface area contributed by atoms with Gasteiger partial charge in [-0.2, -0.15) is 0 Å². The number of likely N-dealkylation sites (tertiary alicyclic amines) is 1. The Balaban J connectivity index is 1.84. The molecule has 1 aliphatic heterocycles. The van der Waals surface area contributed by atoms with Crippen LogP contribution < -0.4 is 5.32 Å². The second kappa shape index (κ2) is 7.59. The molecular formula is C16H20N2O4. The molecule has 22 heavy (non-hydrogen) atoms. The molecule has 0 atom stereocenters. The minimum atomic E-state index is -0.356. The van der Waals surface area contributed by atoms with E-state index in [0.29, 0.717) is 18.5 Å². The highest BCUT2D eigenvalue weighted by Gasteiger charge is 2.19. The van der Waals surface area contributed by atoms with Gasteiger partial charge in [-0.15, -0.1) is 0 Å². The van der Waals surface area contributed by atoms with Gasteiger partial charge in [-0.1, -0.05) is 12.1 Å². The third kappa shape index (κ3) is 4.31. The summed E-state index contributed by atoms with van der Waals surface area (Å²) in [6, 6.07) is 7.15. The molecule has 0 saturated carbocycles. The molecule has 2 amide bonds. The van der Waals surface area contributed by atoms with Crippen LogP contribution in [0.25, 0.3) is 0 Å². The van der Waals surface area contributed by atoms with E-state index in [1.807, 2.05) is 17.0 Å². The summed E-state index contributed by atoms with van der Waals surface area (Å²) in [6.07, 6.45) is 1.69. The SMILES string of the molecule is COC(=O)CCNC(=O)c1ccc(CN2CCCC2=O)cc1. The van der Waals surface area contributed by atoms with E-state index in [-0.39, 0.29) is 30.7 Å². The number of carbonyl (C=O) groups is 3. The molecule has 0 spiro atoms. The largest absolute Gasteiger partial charge is 0.469 e. The molecule has 0 unspecified atom stereocenters. The van der Waals surface area contributed by atoms with E-state index in [1.54, 1.807) is 12.1 Å². The van der Waals surface area contributed by atoms with Crippen molar-refractivity contribution in [3.63, 3.8) is 0 Å². The monoisotopic (exact) mass is 304 g/mol. The summed E-state index contributed by atoms with van der Waals surface area (Å²) in [5, 5.41) is 2.66. The normalized spacial score (nSPS) is 14.0. The van der Waals surface area contributed by atoms with Crippen molar-refractivity contribution in [3.05, 3.63) is 35.4 Å². The van der Waals surface area contributed by atoms with Crippen molar-refractivity contribution in [2.45, 2.75) is 25.8 Å². The number of ether oxygens (including phenoxy) is 1. The van der Waals surface area contributed by atoms with Crippen LogP contribution in [0.1, 0.15) is 35.2 Å². The minimum Gasteiger partial charge on any atom is -0.469 e. The highest BCUT2D eigenvalue weighted by atomic mass is 16.5. The lowest BCUT2D eigenvalue weighted by Gasteiger charge is -2.15. The van der Waals surface area contributed by atoms with E-state index in [0.717, 1.165) is 18.5 Å². The molecule has 1 saturated heterocycles. The fourth-order valence-electron chi connectivity index (χ4n) is 2.34. The molecule has 6 nitrogen and oxygen atoms in total. The Morgan fingerprint density at radius 3 is 2.59 bits per heavy atom. The lowest BCUT2D eigenvalue weighted by atomic mass is 10.1. The van der Waals surface area contributed by atoms with Crippen molar-refractivity contribution in [2.75, 3.05) is 20.2 Å². The van der Waals surface area contributed by atoms with Crippen LogP contribution >= 0.6 is 0 Å². The first-order valence-corrected chi connectivity index (χ1v) is 7.32. The van der Waals surface area contributed by atoms with Gasteiger partial charge in [-0.05, 0) is 24.1 Å². The molecule has 1 N–H and O–H groups in total. The van der Waals surface area contributed by atoms with Crippen molar-refractivity contribution in [3.8, 4) is 0 Å². The first-order valence-electron chi connectivity index (χ1n) is 7.32. The summed E-state index contributed by atoms with van der Waals surface area (Å²) in [4.78, 5) is 36.3. The predicted octanol–water partition coefficient (Wildman–Crippen LogP) is 1.10. The van der Waals surface area contributed by atoms with Gasteiger partial charge in [0.05, 0.1) is 13.5 Å². The van der Waals surface area contributed by atoms with Crippen LogP contribution in [-0.2, 0) is 20.9 Å². The van der Waals surface area contributed by atoms with E-state index < -0.39 is 0 Å². The lowest BCUT2D eigenvalue weighted by Crippen LogP contribution is -2.26. The summed E-state index contributed by atoms with van der Waals surface area (Å²) < 4.78 is 4.50. The van der Waals surface area contributed by atoms with Crippen LogP contribution in [0, 0.1) is 0 Å². The maximum absolute atomic E-state index is 11.9. The topological polar surface area (TPSA) is 75.7 Å². The second-order valence-electron chi connectivity index (χ2n) is 5.20. The van der Waals surface area contributed by atoms with Crippen molar-refractivity contribution in [2.24, 2.45) is 0 Å². The molecule has 1 aliphatic rings. The molecule has 118 valence electrons. The molecule has 0 radical (unpaired) electrons. The van der Waals surface area contributed by atoms with Crippen molar-refractivity contribution in [1.82, 2.24) is 10.2 Å². The van der Waals surface area contributed by atoms with Gasteiger partial charge in [0.1, 0.15) is 0 Å². The van der Waals surface area contributed by atoms with E-state index in [4.69, 9.17) is 0 Å². The third-order valence-electron chi connectivity index (χ3n) is 3.60. The summed E-state index contributed by atoms with van der Waals surface area (Å²) >= 11 is 0. The van der Waals surface area contributed by atoms with Crippen molar-refractivity contribution < 1.29 is 19.1 Å². The fraction of sp³-hybridized carbons (Fsp3) is 0.438. The Morgan fingerprint density at radius 1 is 1.27 bits per heavy atom. The molecule has 1 aromatic carbocycles. The predicted molar refractivity (Wildman–Crippen MR) is 80.1 cm³/mol. The quantitative estimate of drug-likeness (QED) is 0.799. The first kappa shape index (κ1) is 16.0. The van der Waals surface area contributed by atoms with E-state index in [2.05, 4.69) is 10.1 Å². The van der Waals surface area contributed by atoms with Gasteiger partial charge < -0.3 is 15.0 Å². The maximum atomic E-state index is 11.9. The standard InChI is InChI=1S/C16H20N2O4/c1-22-15(20)8-9-17-16(21)13-6-4-12(5-7-13)11-18-10-2-3-14(18)19/h4-7H,2-3,8-11H2,1H3,(H,17,21). The average molecular weight is 304 g/mol. The lowest BCUT2D eigenvalue weighted by molar-refractivity contribution is -0.140. The van der Waals surface area contributed by atoms with Gasteiger partial charge in [-0.3, -0.25) is 14.4 Å². The maximum Gasteiger partial charge on any atom is 0.307 e. The van der Waals surface area contributed by atoms with Crippen molar-refractivity contribution in [1.29, 1.82) is 0 Å². The Labute approximate surface area is 129 Å². The highest BCUT2D eigenvalue weighted by molar-refractivity contribution is 5.94.